The van der Waals surface area contributed by atoms with E-state index < -0.39 is 5.91 Å². The first-order valence-corrected chi connectivity index (χ1v) is 6.47. The molecule has 0 aliphatic heterocycles. The largest absolute Gasteiger partial charge is 0.487 e. The molecule has 2 aromatic rings. The van der Waals surface area contributed by atoms with Crippen molar-refractivity contribution in [1.82, 2.24) is 10.4 Å². The molecular formula is C15H18N4O2. The number of pyridine rings is 1. The molecule has 1 aromatic carbocycles. The van der Waals surface area contributed by atoms with Crippen LogP contribution in [0, 0.1) is 0 Å². The summed E-state index contributed by atoms with van der Waals surface area (Å²) in [5.74, 6) is 5.41. The van der Waals surface area contributed by atoms with Crippen LogP contribution in [-0.2, 0) is 6.61 Å². The number of hydrogen-bond acceptors (Lipinski definition) is 5. The topological polar surface area (TPSA) is 80.5 Å². The number of nitrogens with zero attached hydrogens (tertiary/aromatic N) is 2. The molecule has 110 valence electrons. The fraction of sp³-hybridized carbons (Fsp3) is 0.200. The SMILES string of the molecule is CN(C)c1cccc(OCc2cccc(C(=O)NN)n2)c1. The summed E-state index contributed by atoms with van der Waals surface area (Å²) in [6, 6.07) is 12.9. The van der Waals surface area contributed by atoms with Crippen LogP contribution in [-0.4, -0.2) is 25.0 Å². The predicted molar refractivity (Wildman–Crippen MR) is 81.0 cm³/mol. The van der Waals surface area contributed by atoms with Crippen LogP contribution in [0.4, 0.5) is 5.69 Å². The lowest BCUT2D eigenvalue weighted by atomic mass is 10.3. The molecule has 0 bridgehead atoms. The van der Waals surface area contributed by atoms with E-state index in [4.69, 9.17) is 10.6 Å². The third-order valence-corrected chi connectivity index (χ3v) is 2.89. The first-order chi connectivity index (χ1) is 10.1. The molecule has 0 radical (unpaired) electrons. The zero-order valence-electron chi connectivity index (χ0n) is 12.0. The lowest BCUT2D eigenvalue weighted by Gasteiger charge is -2.14. The Morgan fingerprint density at radius 2 is 2.05 bits per heavy atom. The number of carbonyl (C=O) groups excluding carboxylic acids is 1. The van der Waals surface area contributed by atoms with E-state index >= 15 is 0 Å². The summed E-state index contributed by atoms with van der Waals surface area (Å²) in [4.78, 5) is 17.6. The number of aromatic nitrogens is 1. The monoisotopic (exact) mass is 286 g/mol. The van der Waals surface area contributed by atoms with E-state index in [2.05, 4.69) is 10.4 Å². The Kier molecular flexibility index (Phi) is 4.73. The van der Waals surface area contributed by atoms with Crippen molar-refractivity contribution in [3.8, 4) is 5.75 Å². The summed E-state index contributed by atoms with van der Waals surface area (Å²) >= 11 is 0. The van der Waals surface area contributed by atoms with Crippen molar-refractivity contribution in [3.05, 3.63) is 53.9 Å². The molecule has 0 unspecified atom stereocenters. The van der Waals surface area contributed by atoms with E-state index in [1.807, 2.05) is 43.3 Å². The van der Waals surface area contributed by atoms with E-state index in [1.165, 1.54) is 0 Å². The summed E-state index contributed by atoms with van der Waals surface area (Å²) in [5, 5.41) is 0. The molecule has 1 aromatic heterocycles. The Morgan fingerprint density at radius 1 is 1.29 bits per heavy atom. The highest BCUT2D eigenvalue weighted by Crippen LogP contribution is 2.20. The Balaban J connectivity index is 2.06. The van der Waals surface area contributed by atoms with Crippen LogP contribution >= 0.6 is 0 Å². The molecule has 1 heterocycles. The van der Waals surface area contributed by atoms with Gasteiger partial charge in [0.15, 0.2) is 0 Å². The lowest BCUT2D eigenvalue weighted by molar-refractivity contribution is 0.0948. The van der Waals surface area contributed by atoms with Gasteiger partial charge in [-0.05, 0) is 24.3 Å². The van der Waals surface area contributed by atoms with Gasteiger partial charge in [0.05, 0.1) is 5.69 Å². The number of ether oxygens (including phenoxy) is 1. The van der Waals surface area contributed by atoms with E-state index in [0.29, 0.717) is 5.69 Å². The van der Waals surface area contributed by atoms with E-state index in [9.17, 15) is 4.79 Å². The summed E-state index contributed by atoms with van der Waals surface area (Å²) < 4.78 is 5.70. The second-order valence-electron chi connectivity index (χ2n) is 4.67. The fourth-order valence-electron chi connectivity index (χ4n) is 1.77. The van der Waals surface area contributed by atoms with Gasteiger partial charge in [0.1, 0.15) is 18.1 Å². The van der Waals surface area contributed by atoms with E-state index in [0.717, 1.165) is 11.4 Å². The minimum atomic E-state index is -0.425. The molecule has 6 heteroatoms. The first-order valence-electron chi connectivity index (χ1n) is 6.47. The molecule has 6 nitrogen and oxygen atoms in total. The van der Waals surface area contributed by atoms with Gasteiger partial charge in [0.25, 0.3) is 5.91 Å². The van der Waals surface area contributed by atoms with Crippen LogP contribution in [0.15, 0.2) is 42.5 Å². The molecular weight excluding hydrogens is 268 g/mol. The Morgan fingerprint density at radius 3 is 2.76 bits per heavy atom. The standard InChI is InChI=1S/C15H18N4O2/c1-19(2)12-6-4-7-13(9-12)21-10-11-5-3-8-14(17-11)15(20)18-16/h3-9H,10,16H2,1-2H3,(H,18,20). The zero-order chi connectivity index (χ0) is 15.2. The molecule has 3 N–H and O–H groups in total. The molecule has 0 fully saturated rings. The van der Waals surface area contributed by atoms with Gasteiger partial charge in [-0.3, -0.25) is 10.2 Å². The molecule has 21 heavy (non-hydrogen) atoms. The number of hydrazine groups is 1. The second kappa shape index (κ2) is 6.71. The van der Waals surface area contributed by atoms with Gasteiger partial charge < -0.3 is 9.64 Å². The minimum Gasteiger partial charge on any atom is -0.487 e. The number of carbonyl (C=O) groups is 1. The second-order valence-corrected chi connectivity index (χ2v) is 4.67. The van der Waals surface area contributed by atoms with Crippen molar-refractivity contribution >= 4 is 11.6 Å². The maximum atomic E-state index is 11.4. The highest BCUT2D eigenvalue weighted by atomic mass is 16.5. The van der Waals surface area contributed by atoms with Crippen molar-refractivity contribution < 1.29 is 9.53 Å². The van der Waals surface area contributed by atoms with Crippen molar-refractivity contribution in [1.29, 1.82) is 0 Å². The molecule has 0 saturated heterocycles. The van der Waals surface area contributed by atoms with Crippen molar-refractivity contribution in [3.63, 3.8) is 0 Å². The molecule has 0 aliphatic rings. The van der Waals surface area contributed by atoms with Crippen LogP contribution < -0.4 is 20.9 Å². The number of nitrogen functional groups attached to an aromatic ring is 1. The van der Waals surface area contributed by atoms with Gasteiger partial charge in [-0.15, -0.1) is 0 Å². The maximum Gasteiger partial charge on any atom is 0.283 e. The average Bonchev–Trinajstić information content (AvgIpc) is 2.52. The summed E-state index contributed by atoms with van der Waals surface area (Å²) in [6.45, 7) is 0.280. The zero-order valence-corrected chi connectivity index (χ0v) is 12.0. The van der Waals surface area contributed by atoms with E-state index in [1.54, 1.807) is 18.2 Å². The summed E-state index contributed by atoms with van der Waals surface area (Å²) in [5.41, 5.74) is 4.03. The summed E-state index contributed by atoms with van der Waals surface area (Å²) in [6.07, 6.45) is 0. The highest BCUT2D eigenvalue weighted by molar-refractivity contribution is 5.91. The van der Waals surface area contributed by atoms with E-state index in [-0.39, 0.29) is 12.3 Å². The number of nitrogens with one attached hydrogen (secondary N) is 1. The summed E-state index contributed by atoms with van der Waals surface area (Å²) in [7, 11) is 3.94. The van der Waals surface area contributed by atoms with Crippen LogP contribution in [0.5, 0.6) is 5.75 Å². The Bertz CT molecular complexity index is 629. The van der Waals surface area contributed by atoms with Crippen LogP contribution in [0.3, 0.4) is 0 Å². The first kappa shape index (κ1) is 14.8. The van der Waals surface area contributed by atoms with Crippen LogP contribution in [0.2, 0.25) is 0 Å². The lowest BCUT2D eigenvalue weighted by Crippen LogP contribution is -2.30. The van der Waals surface area contributed by atoms with Gasteiger partial charge >= 0.3 is 0 Å². The smallest absolute Gasteiger partial charge is 0.283 e. The number of amides is 1. The Labute approximate surface area is 123 Å². The van der Waals surface area contributed by atoms with Crippen LogP contribution in [0.1, 0.15) is 16.2 Å². The fourth-order valence-corrected chi connectivity index (χ4v) is 1.77. The highest BCUT2D eigenvalue weighted by Gasteiger charge is 2.06. The number of hydrogen-bond donors (Lipinski definition) is 2. The molecule has 0 saturated carbocycles. The third kappa shape index (κ3) is 3.93. The van der Waals surface area contributed by atoms with Gasteiger partial charge in [-0.1, -0.05) is 12.1 Å². The maximum absolute atomic E-state index is 11.4. The number of rotatable bonds is 5. The van der Waals surface area contributed by atoms with Gasteiger partial charge in [-0.2, -0.15) is 0 Å². The third-order valence-electron chi connectivity index (χ3n) is 2.89. The number of benzene rings is 1. The molecule has 0 atom stereocenters. The van der Waals surface area contributed by atoms with Crippen molar-refractivity contribution in [2.45, 2.75) is 6.61 Å². The molecule has 1 amide bonds. The average molecular weight is 286 g/mol. The predicted octanol–water partition coefficient (Wildman–Crippen LogP) is 1.33. The number of anilines is 1. The molecule has 0 aliphatic carbocycles. The van der Waals surface area contributed by atoms with Crippen molar-refractivity contribution in [2.24, 2.45) is 5.84 Å². The van der Waals surface area contributed by atoms with Crippen LogP contribution in [0.25, 0.3) is 0 Å². The quantitative estimate of drug-likeness (QED) is 0.492. The normalized spacial score (nSPS) is 10.0. The minimum absolute atomic E-state index is 0.264. The van der Waals surface area contributed by atoms with Crippen molar-refractivity contribution in [2.75, 3.05) is 19.0 Å². The molecule has 0 spiro atoms. The van der Waals surface area contributed by atoms with Gasteiger partial charge in [-0.25, -0.2) is 10.8 Å². The van der Waals surface area contributed by atoms with Gasteiger partial charge in [0.2, 0.25) is 0 Å². The van der Waals surface area contributed by atoms with Gasteiger partial charge in [0, 0.05) is 25.8 Å². The Hall–Kier alpha value is -2.60. The number of nitrogens with two attached hydrogens (primary N) is 1. The molecule has 2 rings (SSSR count).